The summed E-state index contributed by atoms with van der Waals surface area (Å²) in [5.41, 5.74) is 4.48. The number of pyridine rings is 1. The monoisotopic (exact) mass is 462 g/mol. The summed E-state index contributed by atoms with van der Waals surface area (Å²) in [7, 11) is 0. The molecule has 30 heavy (non-hydrogen) atoms. The van der Waals surface area contributed by atoms with Gasteiger partial charge < -0.3 is 9.47 Å². The van der Waals surface area contributed by atoms with Gasteiger partial charge in [-0.05, 0) is 60.0 Å². The van der Waals surface area contributed by atoms with E-state index in [4.69, 9.17) is 9.47 Å². The second-order valence-electron chi connectivity index (χ2n) is 7.49. The first-order valence-corrected chi connectivity index (χ1v) is 10.5. The van der Waals surface area contributed by atoms with Crippen LogP contribution >= 0.6 is 15.9 Å². The SMILES string of the molecule is Cc1cc2c(c3c1C(=O)/C(=C/c1cccc(Br)c1)O3)CN(Cc1ccncc1)CO2. The largest absolute Gasteiger partial charge is 0.478 e. The molecule has 3 heterocycles. The van der Waals surface area contributed by atoms with Gasteiger partial charge in [-0.25, -0.2) is 0 Å². The van der Waals surface area contributed by atoms with Crippen LogP contribution in [-0.2, 0) is 13.1 Å². The average molecular weight is 463 g/mol. The number of carbonyl (C=O) groups excluding carboxylic acids is 1. The molecule has 0 spiro atoms. The summed E-state index contributed by atoms with van der Waals surface area (Å²) in [4.78, 5) is 19.3. The van der Waals surface area contributed by atoms with Crippen molar-refractivity contribution >= 4 is 27.8 Å². The van der Waals surface area contributed by atoms with Crippen molar-refractivity contribution in [3.05, 3.63) is 92.9 Å². The van der Waals surface area contributed by atoms with Gasteiger partial charge >= 0.3 is 0 Å². The van der Waals surface area contributed by atoms with Gasteiger partial charge in [0.2, 0.25) is 5.78 Å². The van der Waals surface area contributed by atoms with E-state index in [9.17, 15) is 4.79 Å². The van der Waals surface area contributed by atoms with Crippen molar-refractivity contribution in [1.82, 2.24) is 9.88 Å². The Hall–Kier alpha value is -2.96. The molecule has 0 N–H and O–H groups in total. The van der Waals surface area contributed by atoms with E-state index < -0.39 is 0 Å². The first kappa shape index (κ1) is 19.0. The number of rotatable bonds is 3. The van der Waals surface area contributed by atoms with E-state index in [2.05, 4.69) is 25.8 Å². The molecule has 0 fully saturated rings. The Bertz CT molecular complexity index is 1170. The third-order valence-corrected chi connectivity index (χ3v) is 5.78. The maximum Gasteiger partial charge on any atom is 0.232 e. The molecule has 0 bridgehead atoms. The molecule has 0 unspecified atom stereocenters. The van der Waals surface area contributed by atoms with Crippen molar-refractivity contribution in [2.45, 2.75) is 20.0 Å². The lowest BCUT2D eigenvalue weighted by Crippen LogP contribution is -2.31. The van der Waals surface area contributed by atoms with Crippen LogP contribution in [-0.4, -0.2) is 22.4 Å². The van der Waals surface area contributed by atoms with Gasteiger partial charge in [-0.15, -0.1) is 0 Å². The molecule has 150 valence electrons. The van der Waals surface area contributed by atoms with E-state index in [1.165, 1.54) is 0 Å². The number of carbonyl (C=O) groups is 1. The highest BCUT2D eigenvalue weighted by Gasteiger charge is 2.35. The molecule has 0 atom stereocenters. The van der Waals surface area contributed by atoms with Gasteiger partial charge in [-0.3, -0.25) is 14.7 Å². The smallest absolute Gasteiger partial charge is 0.232 e. The fourth-order valence-electron chi connectivity index (χ4n) is 3.87. The second-order valence-corrected chi connectivity index (χ2v) is 8.40. The van der Waals surface area contributed by atoms with Gasteiger partial charge in [0, 0.05) is 30.0 Å². The fourth-order valence-corrected chi connectivity index (χ4v) is 4.29. The lowest BCUT2D eigenvalue weighted by molar-refractivity contribution is 0.0872. The molecule has 0 aliphatic carbocycles. The van der Waals surface area contributed by atoms with Gasteiger partial charge in [-0.2, -0.15) is 0 Å². The first-order chi connectivity index (χ1) is 14.6. The fraction of sp³-hybridized carbons (Fsp3) is 0.167. The van der Waals surface area contributed by atoms with E-state index in [0.29, 0.717) is 30.3 Å². The highest BCUT2D eigenvalue weighted by atomic mass is 79.9. The Balaban J connectivity index is 1.48. The van der Waals surface area contributed by atoms with E-state index >= 15 is 0 Å². The Morgan fingerprint density at radius 3 is 2.83 bits per heavy atom. The number of Topliss-reactive ketones (excluding diaryl/α,β-unsaturated/α-hetero) is 1. The third kappa shape index (κ3) is 3.53. The molecule has 2 aliphatic heterocycles. The summed E-state index contributed by atoms with van der Waals surface area (Å²) < 4.78 is 13.1. The quantitative estimate of drug-likeness (QED) is 0.505. The van der Waals surface area contributed by atoms with Crippen LogP contribution in [0.4, 0.5) is 0 Å². The minimum Gasteiger partial charge on any atom is -0.478 e. The van der Waals surface area contributed by atoms with Gasteiger partial charge in [0.1, 0.15) is 18.2 Å². The molecular formula is C24H19BrN2O3. The number of aryl methyl sites for hydroxylation is 1. The Morgan fingerprint density at radius 1 is 1.20 bits per heavy atom. The summed E-state index contributed by atoms with van der Waals surface area (Å²) in [6, 6.07) is 13.7. The molecule has 0 radical (unpaired) electrons. The molecule has 6 heteroatoms. The molecule has 3 aromatic rings. The Morgan fingerprint density at radius 2 is 2.03 bits per heavy atom. The van der Waals surface area contributed by atoms with Gasteiger partial charge in [-0.1, -0.05) is 28.1 Å². The zero-order valence-corrected chi connectivity index (χ0v) is 18.0. The summed E-state index contributed by atoms with van der Waals surface area (Å²) in [6.45, 7) is 3.80. The molecule has 5 rings (SSSR count). The number of ketones is 1. The van der Waals surface area contributed by atoms with E-state index in [1.54, 1.807) is 18.5 Å². The van der Waals surface area contributed by atoms with Gasteiger partial charge in [0.05, 0.1) is 11.1 Å². The zero-order valence-electron chi connectivity index (χ0n) is 16.4. The number of hydrogen-bond donors (Lipinski definition) is 0. The van der Waals surface area contributed by atoms with Crippen LogP contribution in [0.3, 0.4) is 0 Å². The molecular weight excluding hydrogens is 444 g/mol. The Labute approximate surface area is 183 Å². The molecule has 2 aliphatic rings. The average Bonchev–Trinajstić information content (AvgIpc) is 3.06. The van der Waals surface area contributed by atoms with Crippen LogP contribution in [0.1, 0.15) is 32.6 Å². The van der Waals surface area contributed by atoms with E-state index in [0.717, 1.165) is 39.0 Å². The standard InChI is InChI=1S/C24H19BrN2O3/c1-15-9-20-19(13-27(14-29-20)12-16-5-7-26-8-6-16)24-22(15)23(28)21(30-24)11-17-3-2-4-18(25)10-17/h2-11H,12-14H2,1H3/b21-11-. The summed E-state index contributed by atoms with van der Waals surface area (Å²) in [5.74, 6) is 1.66. The lowest BCUT2D eigenvalue weighted by atomic mass is 9.98. The number of hydrogen-bond acceptors (Lipinski definition) is 5. The van der Waals surface area contributed by atoms with Crippen LogP contribution < -0.4 is 9.47 Å². The molecule has 0 saturated heterocycles. The van der Waals surface area contributed by atoms with Crippen molar-refractivity contribution in [3.8, 4) is 11.5 Å². The van der Waals surface area contributed by atoms with Crippen LogP contribution in [0.2, 0.25) is 0 Å². The molecule has 2 aromatic carbocycles. The predicted molar refractivity (Wildman–Crippen MR) is 117 cm³/mol. The van der Waals surface area contributed by atoms with Crippen molar-refractivity contribution in [2.24, 2.45) is 0 Å². The summed E-state index contributed by atoms with van der Waals surface area (Å²) >= 11 is 3.47. The van der Waals surface area contributed by atoms with E-state index in [-0.39, 0.29) is 5.78 Å². The Kier molecular flexibility index (Phi) is 4.89. The molecule has 1 aromatic heterocycles. The number of benzene rings is 2. The van der Waals surface area contributed by atoms with Crippen LogP contribution in [0, 0.1) is 6.92 Å². The van der Waals surface area contributed by atoms with Crippen molar-refractivity contribution in [2.75, 3.05) is 6.73 Å². The van der Waals surface area contributed by atoms with Crippen LogP contribution in [0.25, 0.3) is 6.08 Å². The number of ether oxygens (including phenoxy) is 2. The van der Waals surface area contributed by atoms with Crippen molar-refractivity contribution < 1.29 is 14.3 Å². The van der Waals surface area contributed by atoms with Crippen molar-refractivity contribution in [1.29, 1.82) is 0 Å². The number of aromatic nitrogens is 1. The third-order valence-electron chi connectivity index (χ3n) is 5.29. The summed E-state index contributed by atoms with van der Waals surface area (Å²) in [6.07, 6.45) is 5.36. The maximum atomic E-state index is 13.1. The number of nitrogens with zero attached hydrogens (tertiary/aromatic N) is 2. The molecule has 0 amide bonds. The normalized spacial score (nSPS) is 16.7. The topological polar surface area (TPSA) is 51.7 Å². The maximum absolute atomic E-state index is 13.1. The van der Waals surface area contributed by atoms with Crippen LogP contribution in [0.5, 0.6) is 11.5 Å². The van der Waals surface area contributed by atoms with Gasteiger partial charge in [0.25, 0.3) is 0 Å². The van der Waals surface area contributed by atoms with Crippen molar-refractivity contribution in [3.63, 3.8) is 0 Å². The zero-order chi connectivity index (χ0) is 20.7. The minimum atomic E-state index is -0.0865. The molecule has 5 nitrogen and oxygen atoms in total. The molecule has 0 saturated carbocycles. The number of allylic oxidation sites excluding steroid dienone is 1. The minimum absolute atomic E-state index is 0.0865. The second kappa shape index (κ2) is 7.70. The highest BCUT2D eigenvalue weighted by molar-refractivity contribution is 9.10. The number of fused-ring (bicyclic) bond motifs is 3. The van der Waals surface area contributed by atoms with Gasteiger partial charge in [0.15, 0.2) is 5.76 Å². The lowest BCUT2D eigenvalue weighted by Gasteiger charge is -2.30. The van der Waals surface area contributed by atoms with E-state index in [1.807, 2.05) is 49.4 Å². The summed E-state index contributed by atoms with van der Waals surface area (Å²) in [5, 5.41) is 0. The number of halogens is 1. The first-order valence-electron chi connectivity index (χ1n) is 9.69. The van der Waals surface area contributed by atoms with Crippen LogP contribution in [0.15, 0.2) is 65.1 Å². The highest BCUT2D eigenvalue weighted by Crippen LogP contribution is 2.44. The predicted octanol–water partition coefficient (Wildman–Crippen LogP) is 5.12.